The number of hydrogen-bond acceptors (Lipinski definition) is 2. The molecule has 0 heterocycles. The molecule has 15 heavy (non-hydrogen) atoms. The Bertz CT molecular complexity index is 241. The van der Waals surface area contributed by atoms with Crippen LogP contribution in [0.3, 0.4) is 0 Å². The van der Waals surface area contributed by atoms with Crippen LogP contribution in [0.1, 0.15) is 20.8 Å². The van der Waals surface area contributed by atoms with Crippen LogP contribution in [-0.2, 0) is 4.43 Å². The molecule has 0 aliphatic heterocycles. The Labute approximate surface area is 97.4 Å². The molecule has 0 N–H and O–H groups in total. The molecule has 0 rings (SSSR count). The third kappa shape index (κ3) is 7.79. The summed E-state index contributed by atoms with van der Waals surface area (Å²) in [5.74, 6) is 0.959. The van der Waals surface area contributed by atoms with Crippen LogP contribution in [-0.4, -0.2) is 22.5 Å². The van der Waals surface area contributed by atoms with E-state index in [0.717, 1.165) is 5.90 Å². The molecule has 0 aromatic heterocycles. The van der Waals surface area contributed by atoms with E-state index in [-0.39, 0.29) is 5.41 Å². The largest absolute Gasteiger partial charge is 0.535 e. The Hall–Kier alpha value is -0.0962. The van der Waals surface area contributed by atoms with Gasteiger partial charge in [0.25, 0.3) is 0 Å². The zero-order valence-corrected chi connectivity index (χ0v) is 13.9. The van der Waals surface area contributed by atoms with Gasteiger partial charge in [-0.25, -0.2) is 0 Å². The van der Waals surface area contributed by atoms with Gasteiger partial charge in [-0.2, -0.15) is 0 Å². The van der Waals surface area contributed by atoms with Crippen molar-refractivity contribution in [2.75, 3.05) is 0 Å². The van der Waals surface area contributed by atoms with E-state index in [0.29, 0.717) is 0 Å². The number of rotatable bonds is 2. The monoisotopic (exact) mass is 245 g/mol. The van der Waals surface area contributed by atoms with Crippen molar-refractivity contribution in [3.63, 3.8) is 0 Å². The van der Waals surface area contributed by atoms with Gasteiger partial charge in [-0.3, -0.25) is 4.66 Å². The van der Waals surface area contributed by atoms with E-state index in [1.54, 1.807) is 0 Å². The van der Waals surface area contributed by atoms with Gasteiger partial charge >= 0.3 is 0 Å². The molecule has 0 atom stereocenters. The molecule has 0 radical (unpaired) electrons. The van der Waals surface area contributed by atoms with Crippen molar-refractivity contribution in [3.05, 3.63) is 0 Å². The zero-order chi connectivity index (χ0) is 12.5. The maximum absolute atomic E-state index is 6.10. The smallest absolute Gasteiger partial charge is 0.243 e. The molecule has 0 saturated carbocycles. The third-order valence-electron chi connectivity index (χ3n) is 1.48. The highest BCUT2D eigenvalue weighted by atomic mass is 28.4. The molecule has 4 heteroatoms. The molecule has 0 aromatic carbocycles. The topological polar surface area (TPSA) is 21.6 Å². The summed E-state index contributed by atoms with van der Waals surface area (Å²) in [6.45, 7) is 19.9. The van der Waals surface area contributed by atoms with Gasteiger partial charge in [0.1, 0.15) is 0 Å². The average molecular weight is 246 g/mol. The van der Waals surface area contributed by atoms with Crippen LogP contribution in [0.15, 0.2) is 4.66 Å². The minimum atomic E-state index is -1.54. The molecule has 0 aliphatic carbocycles. The lowest BCUT2D eigenvalue weighted by Crippen LogP contribution is -2.38. The molecule has 90 valence electrons. The maximum atomic E-state index is 6.10. The molecule has 0 spiro atoms. The van der Waals surface area contributed by atoms with Gasteiger partial charge in [0, 0.05) is 5.41 Å². The van der Waals surface area contributed by atoms with Gasteiger partial charge in [0.2, 0.25) is 8.32 Å². The lowest BCUT2D eigenvalue weighted by molar-refractivity contribution is 0.432. The summed E-state index contributed by atoms with van der Waals surface area (Å²) in [5, 5.41) is 0. The minimum Gasteiger partial charge on any atom is -0.535 e. The predicted molar refractivity (Wildman–Crippen MR) is 74.7 cm³/mol. The average Bonchev–Trinajstić information content (AvgIpc) is 1.75. The Morgan fingerprint density at radius 1 is 0.933 bits per heavy atom. The van der Waals surface area contributed by atoms with Crippen LogP contribution in [0.4, 0.5) is 0 Å². The normalized spacial score (nSPS) is 15.4. The Morgan fingerprint density at radius 2 is 1.33 bits per heavy atom. The van der Waals surface area contributed by atoms with Gasteiger partial charge in [-0.1, -0.05) is 20.8 Å². The van der Waals surface area contributed by atoms with Crippen LogP contribution in [0.25, 0.3) is 0 Å². The Morgan fingerprint density at radius 3 is 1.53 bits per heavy atom. The molecule has 0 unspecified atom stereocenters. The van der Waals surface area contributed by atoms with Crippen molar-refractivity contribution >= 4 is 22.5 Å². The molecule has 0 bridgehead atoms. The fourth-order valence-electron chi connectivity index (χ4n) is 0.938. The second-order valence-corrected chi connectivity index (χ2v) is 16.0. The maximum Gasteiger partial charge on any atom is 0.243 e. The summed E-state index contributed by atoms with van der Waals surface area (Å²) in [4.78, 5) is 0. The second-order valence-electron chi connectivity index (χ2n) is 7.05. The number of hydrogen-bond donors (Lipinski definition) is 0. The zero-order valence-electron chi connectivity index (χ0n) is 11.9. The van der Waals surface area contributed by atoms with E-state index in [4.69, 9.17) is 9.08 Å². The van der Waals surface area contributed by atoms with E-state index >= 15 is 0 Å². The minimum absolute atomic E-state index is 0.0283. The first-order valence-electron chi connectivity index (χ1n) is 5.61. The first kappa shape index (κ1) is 14.9. The van der Waals surface area contributed by atoms with Crippen molar-refractivity contribution in [1.29, 1.82) is 0 Å². The van der Waals surface area contributed by atoms with Gasteiger partial charge < -0.3 is 4.43 Å². The second kappa shape index (κ2) is 4.41. The van der Waals surface area contributed by atoms with Gasteiger partial charge in [-0.15, -0.1) is 0 Å². The summed E-state index contributed by atoms with van der Waals surface area (Å²) in [5.41, 5.74) is 0.0283. The van der Waals surface area contributed by atoms with Gasteiger partial charge in [0.15, 0.2) is 14.1 Å². The van der Waals surface area contributed by atoms with E-state index in [1.165, 1.54) is 0 Å². The SMILES string of the molecule is CC(C)(C)/C(=N/[Si](C)(C)C)O[Si](C)(C)C. The molecule has 0 aliphatic rings. The van der Waals surface area contributed by atoms with E-state index in [9.17, 15) is 0 Å². The first-order valence-corrected chi connectivity index (χ1v) is 12.5. The van der Waals surface area contributed by atoms with Crippen molar-refractivity contribution < 1.29 is 4.43 Å². The summed E-state index contributed by atoms with van der Waals surface area (Å²) in [7, 11) is -2.98. The Balaban J connectivity index is 5.02. The van der Waals surface area contributed by atoms with E-state index in [1.807, 2.05) is 0 Å². The highest BCUT2D eigenvalue weighted by Crippen LogP contribution is 2.22. The van der Waals surface area contributed by atoms with Crippen LogP contribution < -0.4 is 0 Å². The lowest BCUT2D eigenvalue weighted by atomic mass is 9.97. The fraction of sp³-hybridized carbons (Fsp3) is 0.909. The molecule has 0 fully saturated rings. The highest BCUT2D eigenvalue weighted by Gasteiger charge is 2.29. The van der Waals surface area contributed by atoms with Crippen molar-refractivity contribution in [2.24, 2.45) is 10.1 Å². The molecule has 0 saturated heterocycles. The predicted octanol–water partition coefficient (Wildman–Crippen LogP) is 4.12. The van der Waals surface area contributed by atoms with Crippen LogP contribution in [0.5, 0.6) is 0 Å². The van der Waals surface area contributed by atoms with Crippen molar-refractivity contribution in [3.8, 4) is 0 Å². The summed E-state index contributed by atoms with van der Waals surface area (Å²) in [6, 6.07) is 0. The molecular formula is C11H27NOSi2. The molecule has 2 nitrogen and oxygen atoms in total. The third-order valence-corrected chi connectivity index (χ3v) is 3.16. The fourth-order valence-corrected chi connectivity index (χ4v) is 2.95. The lowest BCUT2D eigenvalue weighted by Gasteiger charge is -2.30. The van der Waals surface area contributed by atoms with Crippen LogP contribution in [0.2, 0.25) is 39.3 Å². The molecule has 0 aromatic rings. The quantitative estimate of drug-likeness (QED) is 0.407. The standard InChI is InChI=1S/C11H27NOSi2/c1-11(2,3)10(12-14(4,5)6)13-15(7,8)9/h1-9H3/b12-10-. The summed E-state index contributed by atoms with van der Waals surface area (Å²) < 4.78 is 10.9. The van der Waals surface area contributed by atoms with Crippen molar-refractivity contribution in [1.82, 2.24) is 0 Å². The van der Waals surface area contributed by atoms with Crippen molar-refractivity contribution in [2.45, 2.75) is 60.1 Å². The first-order chi connectivity index (χ1) is 6.31. The van der Waals surface area contributed by atoms with Crippen LogP contribution >= 0.6 is 0 Å². The highest BCUT2D eigenvalue weighted by molar-refractivity contribution is 6.76. The van der Waals surface area contributed by atoms with E-state index in [2.05, 4.69) is 60.1 Å². The van der Waals surface area contributed by atoms with Crippen LogP contribution in [0, 0.1) is 5.41 Å². The molecule has 0 amide bonds. The summed E-state index contributed by atoms with van der Waals surface area (Å²) >= 11 is 0. The number of nitrogens with zero attached hydrogens (tertiary/aromatic N) is 1. The van der Waals surface area contributed by atoms with Gasteiger partial charge in [0.05, 0.1) is 0 Å². The molecular weight excluding hydrogens is 218 g/mol. The van der Waals surface area contributed by atoms with Gasteiger partial charge in [-0.05, 0) is 39.3 Å². The van der Waals surface area contributed by atoms with E-state index < -0.39 is 16.6 Å². The Kier molecular flexibility index (Phi) is 4.38. The summed E-state index contributed by atoms with van der Waals surface area (Å²) in [6.07, 6.45) is 0.